The van der Waals surface area contributed by atoms with E-state index >= 15 is 0 Å². The zero-order chi connectivity index (χ0) is 23.1. The number of carbonyl (C=O) groups is 2. The van der Waals surface area contributed by atoms with Gasteiger partial charge in [-0.3, -0.25) is 14.4 Å². The largest absolute Gasteiger partial charge is 0.495 e. The molecule has 0 radical (unpaired) electrons. The van der Waals surface area contributed by atoms with Crippen LogP contribution in [0.2, 0.25) is 0 Å². The number of methoxy groups -OCH3 is 1. The van der Waals surface area contributed by atoms with Gasteiger partial charge in [-0.1, -0.05) is 23.9 Å². The topological polar surface area (TPSA) is 124 Å². The van der Waals surface area contributed by atoms with E-state index < -0.39 is 0 Å². The maximum Gasteiger partial charge on any atom is 0.255 e. The summed E-state index contributed by atoms with van der Waals surface area (Å²) in [6.07, 6.45) is 0. The van der Waals surface area contributed by atoms with Crippen molar-refractivity contribution >= 4 is 35.0 Å². The molecule has 0 spiro atoms. The smallest absolute Gasteiger partial charge is 0.255 e. The lowest BCUT2D eigenvalue weighted by Crippen LogP contribution is -2.16. The number of hydrogen-bond acceptors (Lipinski definition) is 6. The Labute approximate surface area is 188 Å². The molecule has 0 unspecified atom stereocenters. The van der Waals surface area contributed by atoms with Gasteiger partial charge in [-0.2, -0.15) is 5.26 Å². The van der Waals surface area contributed by atoms with Crippen LogP contribution in [0, 0.1) is 18.3 Å². The Bertz CT molecular complexity index is 1250. The fourth-order valence-electron chi connectivity index (χ4n) is 2.89. The standard InChI is InChI=1S/C23H20N4O4S/c1-14-11-20(28)27-23(17(14)12-24)32-13-21(29)25-16-9-7-15(8-10-16)22(30)26-18-5-3-4-6-19(18)31-2/h3-11H,13H2,1-2H3,(H,25,29)(H,26,30)(H,27,28). The second kappa shape index (κ2) is 10.3. The summed E-state index contributed by atoms with van der Waals surface area (Å²) in [6, 6.07) is 16.9. The summed E-state index contributed by atoms with van der Waals surface area (Å²) in [5, 5.41) is 15.1. The summed E-state index contributed by atoms with van der Waals surface area (Å²) in [5.74, 6) is -0.0658. The van der Waals surface area contributed by atoms with E-state index in [0.29, 0.717) is 38.8 Å². The summed E-state index contributed by atoms with van der Waals surface area (Å²) in [7, 11) is 1.53. The summed E-state index contributed by atoms with van der Waals surface area (Å²) in [6.45, 7) is 1.67. The van der Waals surface area contributed by atoms with E-state index in [9.17, 15) is 19.6 Å². The van der Waals surface area contributed by atoms with Gasteiger partial charge in [0.05, 0.1) is 29.1 Å². The van der Waals surface area contributed by atoms with Crippen LogP contribution >= 0.6 is 11.8 Å². The number of nitriles is 1. The Morgan fingerprint density at radius 3 is 2.53 bits per heavy atom. The van der Waals surface area contributed by atoms with Crippen LogP contribution in [0.15, 0.2) is 64.4 Å². The summed E-state index contributed by atoms with van der Waals surface area (Å²) in [5.41, 5.74) is 2.06. The van der Waals surface area contributed by atoms with Crippen LogP contribution in [-0.4, -0.2) is 29.7 Å². The molecule has 0 saturated carbocycles. The molecule has 0 fully saturated rings. The average Bonchev–Trinajstić information content (AvgIpc) is 2.78. The quantitative estimate of drug-likeness (QED) is 0.475. The first-order chi connectivity index (χ1) is 15.4. The molecule has 3 aromatic rings. The number of aryl methyl sites for hydroxylation is 1. The van der Waals surface area contributed by atoms with Gasteiger partial charge in [0.1, 0.15) is 11.8 Å². The molecule has 8 nitrogen and oxygen atoms in total. The summed E-state index contributed by atoms with van der Waals surface area (Å²) in [4.78, 5) is 39.0. The molecule has 1 aromatic heterocycles. The Kier molecular flexibility index (Phi) is 7.31. The number of ether oxygens (including phenoxy) is 1. The van der Waals surface area contributed by atoms with Gasteiger partial charge >= 0.3 is 0 Å². The van der Waals surface area contributed by atoms with Crippen LogP contribution in [-0.2, 0) is 4.79 Å². The normalized spacial score (nSPS) is 10.2. The summed E-state index contributed by atoms with van der Waals surface area (Å²) < 4.78 is 5.23. The van der Waals surface area contributed by atoms with Crippen LogP contribution < -0.4 is 20.9 Å². The highest BCUT2D eigenvalue weighted by molar-refractivity contribution is 8.00. The summed E-state index contributed by atoms with van der Waals surface area (Å²) >= 11 is 1.07. The second-order valence-electron chi connectivity index (χ2n) is 6.70. The molecule has 0 aliphatic heterocycles. The number of hydrogen-bond donors (Lipinski definition) is 3. The van der Waals surface area contributed by atoms with Crippen molar-refractivity contribution in [2.45, 2.75) is 11.9 Å². The zero-order valence-corrected chi connectivity index (χ0v) is 18.2. The molecule has 3 N–H and O–H groups in total. The first-order valence-corrected chi connectivity index (χ1v) is 10.5. The maximum atomic E-state index is 12.5. The Morgan fingerprint density at radius 2 is 1.84 bits per heavy atom. The number of nitrogens with one attached hydrogen (secondary N) is 3. The molecular formula is C23H20N4O4S. The third kappa shape index (κ3) is 5.56. The van der Waals surface area contributed by atoms with Crippen LogP contribution in [0.1, 0.15) is 21.5 Å². The lowest BCUT2D eigenvalue weighted by molar-refractivity contribution is -0.113. The van der Waals surface area contributed by atoms with Crippen molar-refractivity contribution in [1.29, 1.82) is 5.26 Å². The predicted octanol–water partition coefficient (Wildman–Crippen LogP) is 3.55. The second-order valence-corrected chi connectivity index (χ2v) is 7.69. The van der Waals surface area contributed by atoms with Gasteiger partial charge in [-0.15, -0.1) is 0 Å². The Morgan fingerprint density at radius 1 is 1.12 bits per heavy atom. The number of pyridine rings is 1. The number of benzene rings is 2. The van der Waals surface area contributed by atoms with Gasteiger partial charge in [0.15, 0.2) is 0 Å². The molecule has 3 rings (SSSR count). The number of carbonyl (C=O) groups excluding carboxylic acids is 2. The van der Waals surface area contributed by atoms with Crippen LogP contribution in [0.3, 0.4) is 0 Å². The van der Waals surface area contributed by atoms with Crippen LogP contribution in [0.4, 0.5) is 11.4 Å². The molecule has 2 amide bonds. The van der Waals surface area contributed by atoms with Crippen molar-refractivity contribution in [3.63, 3.8) is 0 Å². The van der Waals surface area contributed by atoms with Crippen molar-refractivity contribution in [2.24, 2.45) is 0 Å². The third-order valence-electron chi connectivity index (χ3n) is 4.45. The number of para-hydroxylation sites is 2. The molecule has 0 aliphatic rings. The lowest BCUT2D eigenvalue weighted by atomic mass is 10.2. The van der Waals surface area contributed by atoms with Gasteiger partial charge in [-0.05, 0) is 48.9 Å². The highest BCUT2D eigenvalue weighted by Gasteiger charge is 2.12. The van der Waals surface area contributed by atoms with Crippen LogP contribution in [0.25, 0.3) is 0 Å². The number of aromatic nitrogens is 1. The van der Waals surface area contributed by atoms with Crippen molar-refractivity contribution in [3.8, 4) is 11.8 Å². The van der Waals surface area contributed by atoms with E-state index in [1.165, 1.54) is 13.2 Å². The predicted molar refractivity (Wildman–Crippen MR) is 123 cm³/mol. The molecule has 162 valence electrons. The average molecular weight is 449 g/mol. The van der Waals surface area contributed by atoms with Gasteiger partial charge in [0, 0.05) is 17.3 Å². The first-order valence-electron chi connectivity index (χ1n) is 9.52. The number of aromatic amines is 1. The van der Waals surface area contributed by atoms with Gasteiger partial charge in [0.2, 0.25) is 11.5 Å². The molecule has 2 aromatic carbocycles. The molecule has 0 bridgehead atoms. The highest BCUT2D eigenvalue weighted by atomic mass is 32.2. The molecule has 0 saturated heterocycles. The monoisotopic (exact) mass is 448 g/mol. The van der Waals surface area contributed by atoms with Crippen molar-refractivity contribution in [2.75, 3.05) is 23.5 Å². The molecule has 0 atom stereocenters. The van der Waals surface area contributed by atoms with E-state index in [1.54, 1.807) is 49.4 Å². The molecule has 32 heavy (non-hydrogen) atoms. The van der Waals surface area contributed by atoms with E-state index in [-0.39, 0.29) is 23.1 Å². The van der Waals surface area contributed by atoms with E-state index in [0.717, 1.165) is 11.8 Å². The minimum absolute atomic E-state index is 0.00408. The number of amides is 2. The van der Waals surface area contributed by atoms with Gasteiger partial charge in [0.25, 0.3) is 5.91 Å². The number of anilines is 2. The SMILES string of the molecule is COc1ccccc1NC(=O)c1ccc(NC(=O)CSc2[nH]c(=O)cc(C)c2C#N)cc1. The Hall–Kier alpha value is -4.03. The minimum Gasteiger partial charge on any atom is -0.495 e. The van der Waals surface area contributed by atoms with Crippen LogP contribution in [0.5, 0.6) is 5.75 Å². The fourth-order valence-corrected chi connectivity index (χ4v) is 3.76. The minimum atomic E-state index is -0.327. The fraction of sp³-hybridized carbons (Fsp3) is 0.130. The number of H-pyrrole nitrogens is 1. The zero-order valence-electron chi connectivity index (χ0n) is 17.4. The maximum absolute atomic E-state index is 12.5. The van der Waals surface area contributed by atoms with Crippen molar-refractivity contribution < 1.29 is 14.3 Å². The number of thioether (sulfide) groups is 1. The number of nitrogens with zero attached hydrogens (tertiary/aromatic N) is 1. The first kappa shape index (κ1) is 22.7. The molecule has 0 aliphatic carbocycles. The molecule has 1 heterocycles. The number of rotatable bonds is 7. The highest BCUT2D eigenvalue weighted by Crippen LogP contribution is 2.24. The van der Waals surface area contributed by atoms with Gasteiger partial charge in [-0.25, -0.2) is 0 Å². The van der Waals surface area contributed by atoms with E-state index in [2.05, 4.69) is 15.6 Å². The lowest BCUT2D eigenvalue weighted by Gasteiger charge is -2.10. The van der Waals surface area contributed by atoms with Crippen molar-refractivity contribution in [1.82, 2.24) is 4.98 Å². The van der Waals surface area contributed by atoms with Crippen molar-refractivity contribution in [3.05, 3.63) is 81.6 Å². The molecule has 9 heteroatoms. The Balaban J connectivity index is 1.60. The van der Waals surface area contributed by atoms with Gasteiger partial charge < -0.3 is 20.4 Å². The third-order valence-corrected chi connectivity index (χ3v) is 5.45. The van der Waals surface area contributed by atoms with E-state index in [1.807, 2.05) is 12.1 Å². The van der Waals surface area contributed by atoms with E-state index in [4.69, 9.17) is 4.74 Å². The molecular weight excluding hydrogens is 428 g/mol.